The lowest BCUT2D eigenvalue weighted by Gasteiger charge is -2.10. The quantitative estimate of drug-likeness (QED) is 0.341. The molecule has 1 unspecified atom stereocenters. The Bertz CT molecular complexity index is 1210. The van der Waals surface area contributed by atoms with Gasteiger partial charge in [0.2, 0.25) is 0 Å². The minimum absolute atomic E-state index is 0.167. The van der Waals surface area contributed by atoms with Crippen LogP contribution in [-0.2, 0) is 13.2 Å². The molecule has 1 amide bonds. The molecule has 4 aromatic rings. The molecule has 2 aromatic carbocycles. The van der Waals surface area contributed by atoms with E-state index in [2.05, 4.69) is 36.4 Å². The van der Waals surface area contributed by atoms with E-state index in [1.165, 1.54) is 17.7 Å². The zero-order valence-electron chi connectivity index (χ0n) is 18.6. The van der Waals surface area contributed by atoms with Crippen molar-refractivity contribution in [1.82, 2.24) is 9.78 Å². The van der Waals surface area contributed by atoms with Gasteiger partial charge in [-0.2, -0.15) is 5.10 Å². The first-order valence-electron chi connectivity index (χ1n) is 10.9. The first-order chi connectivity index (χ1) is 16.0. The normalized spacial score (nSPS) is 11.8. The molecular weight excluding hydrogens is 421 g/mol. The summed E-state index contributed by atoms with van der Waals surface area (Å²) in [5.74, 6) is 1.64. The summed E-state index contributed by atoms with van der Waals surface area (Å²) >= 11 is 0. The van der Waals surface area contributed by atoms with Crippen molar-refractivity contribution in [2.75, 3.05) is 5.32 Å². The van der Waals surface area contributed by atoms with E-state index < -0.39 is 5.91 Å². The van der Waals surface area contributed by atoms with E-state index in [-0.39, 0.29) is 18.2 Å². The van der Waals surface area contributed by atoms with Gasteiger partial charge in [-0.1, -0.05) is 38.1 Å². The zero-order chi connectivity index (χ0) is 23.2. The Morgan fingerprint density at radius 1 is 1.15 bits per heavy atom. The second-order valence-electron chi connectivity index (χ2n) is 7.92. The Kier molecular flexibility index (Phi) is 6.88. The molecule has 0 saturated heterocycles. The highest BCUT2D eigenvalue weighted by Crippen LogP contribution is 2.22. The standard InChI is InChI=1S/C26H26FN3O3/c1-3-18(2)20-7-9-22(10-8-20)32-17-23-11-12-24(33-23)26(31)28-25-13-14-30(29-25)16-19-5-4-6-21(27)15-19/h4-15,18H,3,16-17H2,1-2H3,(H,28,29,31). The van der Waals surface area contributed by atoms with Gasteiger partial charge in [0.25, 0.3) is 5.91 Å². The molecule has 6 nitrogen and oxygen atoms in total. The van der Waals surface area contributed by atoms with E-state index in [1.54, 1.807) is 35.1 Å². The number of hydrogen-bond acceptors (Lipinski definition) is 4. The highest BCUT2D eigenvalue weighted by atomic mass is 19.1. The summed E-state index contributed by atoms with van der Waals surface area (Å²) in [7, 11) is 0. The molecule has 0 bridgehead atoms. The number of hydrogen-bond donors (Lipinski definition) is 1. The van der Waals surface area contributed by atoms with Crippen LogP contribution in [0.5, 0.6) is 5.75 Å². The number of aromatic nitrogens is 2. The molecule has 4 rings (SSSR count). The molecule has 0 aliphatic heterocycles. The monoisotopic (exact) mass is 447 g/mol. The molecule has 0 aliphatic rings. The van der Waals surface area contributed by atoms with Crippen LogP contribution in [0.1, 0.15) is 53.6 Å². The van der Waals surface area contributed by atoms with Crippen molar-refractivity contribution in [2.24, 2.45) is 0 Å². The number of halogens is 1. The van der Waals surface area contributed by atoms with Gasteiger partial charge in [-0.05, 0) is 59.9 Å². The van der Waals surface area contributed by atoms with Gasteiger partial charge in [0.1, 0.15) is 23.9 Å². The van der Waals surface area contributed by atoms with Gasteiger partial charge in [0.15, 0.2) is 11.6 Å². The third-order valence-electron chi connectivity index (χ3n) is 5.44. The minimum Gasteiger partial charge on any atom is -0.486 e. The Hall–Kier alpha value is -3.87. The van der Waals surface area contributed by atoms with Crippen LogP contribution in [0, 0.1) is 5.82 Å². The molecule has 0 radical (unpaired) electrons. The first kappa shape index (κ1) is 22.3. The van der Waals surface area contributed by atoms with E-state index in [4.69, 9.17) is 9.15 Å². The van der Waals surface area contributed by atoms with Crippen molar-refractivity contribution in [3.63, 3.8) is 0 Å². The maximum Gasteiger partial charge on any atom is 0.292 e. The van der Waals surface area contributed by atoms with E-state index >= 15 is 0 Å². The first-order valence-corrected chi connectivity index (χ1v) is 10.9. The van der Waals surface area contributed by atoms with Gasteiger partial charge in [0, 0.05) is 12.3 Å². The third kappa shape index (κ3) is 5.88. The van der Waals surface area contributed by atoms with Crippen LogP contribution in [0.25, 0.3) is 0 Å². The molecule has 0 saturated carbocycles. The summed E-state index contributed by atoms with van der Waals surface area (Å²) in [5, 5.41) is 7.01. The van der Waals surface area contributed by atoms with E-state index in [0.29, 0.717) is 24.0 Å². The van der Waals surface area contributed by atoms with E-state index in [0.717, 1.165) is 17.7 Å². The second-order valence-corrected chi connectivity index (χ2v) is 7.92. The van der Waals surface area contributed by atoms with Crippen LogP contribution in [0.3, 0.4) is 0 Å². The van der Waals surface area contributed by atoms with E-state index in [9.17, 15) is 9.18 Å². The number of anilines is 1. The zero-order valence-corrected chi connectivity index (χ0v) is 18.6. The topological polar surface area (TPSA) is 69.3 Å². The number of carbonyl (C=O) groups is 1. The number of nitrogens with zero attached hydrogens (tertiary/aromatic N) is 2. The molecule has 0 aliphatic carbocycles. The van der Waals surface area contributed by atoms with Crippen LogP contribution in [0.2, 0.25) is 0 Å². The number of rotatable bonds is 9. The van der Waals surface area contributed by atoms with Crippen LogP contribution in [0.4, 0.5) is 10.2 Å². The minimum atomic E-state index is -0.407. The summed E-state index contributed by atoms with van der Waals surface area (Å²) in [6.45, 7) is 4.98. The summed E-state index contributed by atoms with van der Waals surface area (Å²) in [6.07, 6.45) is 2.80. The molecule has 2 aromatic heterocycles. The fourth-order valence-electron chi connectivity index (χ4n) is 3.38. The number of carbonyl (C=O) groups excluding carboxylic acids is 1. The molecular formula is C26H26FN3O3. The van der Waals surface area contributed by atoms with Crippen molar-refractivity contribution in [3.8, 4) is 5.75 Å². The molecule has 1 N–H and O–H groups in total. The van der Waals surface area contributed by atoms with Crippen molar-refractivity contribution < 1.29 is 18.3 Å². The van der Waals surface area contributed by atoms with Crippen LogP contribution in [0.15, 0.2) is 77.3 Å². The van der Waals surface area contributed by atoms with Gasteiger partial charge >= 0.3 is 0 Å². The Labute approximate surface area is 192 Å². The molecule has 33 heavy (non-hydrogen) atoms. The summed E-state index contributed by atoms with van der Waals surface area (Å²) in [6, 6.07) is 19.3. The van der Waals surface area contributed by atoms with Gasteiger partial charge < -0.3 is 14.5 Å². The van der Waals surface area contributed by atoms with Gasteiger partial charge in [-0.15, -0.1) is 0 Å². The fraction of sp³-hybridized carbons (Fsp3) is 0.231. The Morgan fingerprint density at radius 2 is 1.97 bits per heavy atom. The molecule has 7 heteroatoms. The third-order valence-corrected chi connectivity index (χ3v) is 5.44. The smallest absolute Gasteiger partial charge is 0.292 e. The van der Waals surface area contributed by atoms with Crippen LogP contribution < -0.4 is 10.1 Å². The van der Waals surface area contributed by atoms with Crippen molar-refractivity contribution in [3.05, 3.63) is 101 Å². The fourth-order valence-corrected chi connectivity index (χ4v) is 3.38. The predicted octanol–water partition coefficient (Wildman–Crippen LogP) is 6.01. The SMILES string of the molecule is CCC(C)c1ccc(OCc2ccc(C(=O)Nc3ccn(Cc4cccc(F)c4)n3)o2)cc1. The molecule has 170 valence electrons. The number of benzene rings is 2. The highest BCUT2D eigenvalue weighted by Gasteiger charge is 2.13. The molecule has 0 spiro atoms. The van der Waals surface area contributed by atoms with Crippen LogP contribution in [-0.4, -0.2) is 15.7 Å². The number of ether oxygens (including phenoxy) is 1. The average Bonchev–Trinajstić information content (AvgIpc) is 3.47. The van der Waals surface area contributed by atoms with Gasteiger partial charge in [-0.3, -0.25) is 9.48 Å². The average molecular weight is 448 g/mol. The second kappa shape index (κ2) is 10.2. The van der Waals surface area contributed by atoms with Crippen LogP contribution >= 0.6 is 0 Å². The molecule has 1 atom stereocenters. The Balaban J connectivity index is 1.30. The van der Waals surface area contributed by atoms with Gasteiger partial charge in [-0.25, -0.2) is 4.39 Å². The highest BCUT2D eigenvalue weighted by molar-refractivity contribution is 6.01. The predicted molar refractivity (Wildman–Crippen MR) is 124 cm³/mol. The van der Waals surface area contributed by atoms with Crippen molar-refractivity contribution in [2.45, 2.75) is 39.3 Å². The van der Waals surface area contributed by atoms with E-state index in [1.807, 2.05) is 18.2 Å². The lowest BCUT2D eigenvalue weighted by Crippen LogP contribution is -2.12. The lowest BCUT2D eigenvalue weighted by molar-refractivity contribution is 0.0992. The molecule has 0 fully saturated rings. The number of amides is 1. The lowest BCUT2D eigenvalue weighted by atomic mass is 9.99. The van der Waals surface area contributed by atoms with Gasteiger partial charge in [0.05, 0.1) is 6.54 Å². The Morgan fingerprint density at radius 3 is 2.73 bits per heavy atom. The number of furan rings is 1. The largest absolute Gasteiger partial charge is 0.486 e. The van der Waals surface area contributed by atoms with Crippen molar-refractivity contribution in [1.29, 1.82) is 0 Å². The summed E-state index contributed by atoms with van der Waals surface area (Å²) in [4.78, 5) is 12.5. The maximum atomic E-state index is 13.3. The molecule has 2 heterocycles. The number of nitrogens with one attached hydrogen (secondary N) is 1. The van der Waals surface area contributed by atoms with Crippen molar-refractivity contribution >= 4 is 11.7 Å². The summed E-state index contributed by atoms with van der Waals surface area (Å²) < 4.78 is 26.4. The summed E-state index contributed by atoms with van der Waals surface area (Å²) in [5.41, 5.74) is 2.06. The maximum absolute atomic E-state index is 13.3.